The van der Waals surface area contributed by atoms with E-state index in [1.165, 1.54) is 49.5 Å². The Morgan fingerprint density at radius 3 is 1.72 bits per heavy atom. The fourth-order valence-corrected chi connectivity index (χ4v) is 7.90. The second kappa shape index (κ2) is 15.6. The Labute approximate surface area is 342 Å². The fourth-order valence-electron chi connectivity index (χ4n) is 7.90. The molecule has 2 aliphatic carbocycles. The van der Waals surface area contributed by atoms with Crippen LogP contribution in [0.2, 0.25) is 0 Å². The molecular weight excluding hydrogens is 791 g/mol. The van der Waals surface area contributed by atoms with Crippen molar-refractivity contribution < 1.29 is 56.0 Å². The number of methoxy groups -OCH3 is 1. The van der Waals surface area contributed by atoms with Gasteiger partial charge in [0.1, 0.15) is 11.5 Å². The summed E-state index contributed by atoms with van der Waals surface area (Å²) in [5.41, 5.74) is 0.499. The van der Waals surface area contributed by atoms with Gasteiger partial charge in [-0.2, -0.15) is 26.3 Å². The van der Waals surface area contributed by atoms with E-state index < -0.39 is 64.1 Å². The van der Waals surface area contributed by atoms with E-state index in [9.17, 15) is 51.3 Å². The van der Waals surface area contributed by atoms with Crippen molar-refractivity contribution in [3.63, 3.8) is 0 Å². The number of benzene rings is 4. The lowest BCUT2D eigenvalue weighted by Gasteiger charge is -2.31. The van der Waals surface area contributed by atoms with Crippen LogP contribution in [0.1, 0.15) is 72.2 Å². The first-order valence-corrected chi connectivity index (χ1v) is 18.8. The molecule has 0 unspecified atom stereocenters. The van der Waals surface area contributed by atoms with Gasteiger partial charge in [-0.25, -0.2) is 0 Å². The Kier molecular flexibility index (Phi) is 11.2. The number of rotatable bonds is 8. The van der Waals surface area contributed by atoms with Crippen LogP contribution in [0.4, 0.5) is 37.7 Å². The summed E-state index contributed by atoms with van der Waals surface area (Å²) in [6.07, 6.45) is -6.88. The molecule has 0 saturated heterocycles. The zero-order valence-electron chi connectivity index (χ0n) is 33.9. The van der Waals surface area contributed by atoms with E-state index in [0.717, 1.165) is 30.5 Å². The first-order chi connectivity index (χ1) is 28.0. The zero-order valence-corrected chi connectivity index (χ0v) is 33.9. The van der Waals surface area contributed by atoms with E-state index in [2.05, 4.69) is 5.32 Å². The number of phenols is 1. The largest absolute Gasteiger partial charge is 0.507 e. The fraction of sp³-hybridized carbons (Fsp3) is 0.261. The molecule has 0 amide bonds. The molecule has 0 bridgehead atoms. The second-order valence-corrected chi connectivity index (χ2v) is 15.3. The molecule has 4 aromatic carbocycles. The maximum atomic E-state index is 14.2. The van der Waals surface area contributed by atoms with Gasteiger partial charge in [-0.15, -0.1) is 0 Å². The van der Waals surface area contributed by atoms with Crippen LogP contribution in [0.3, 0.4) is 0 Å². The molecule has 0 fully saturated rings. The van der Waals surface area contributed by atoms with Gasteiger partial charge in [0.2, 0.25) is 11.6 Å². The summed E-state index contributed by atoms with van der Waals surface area (Å²) in [6.45, 7) is 10.4. The summed E-state index contributed by atoms with van der Waals surface area (Å²) in [6, 6.07) is 12.1. The van der Waals surface area contributed by atoms with Crippen molar-refractivity contribution in [1.29, 1.82) is 0 Å². The van der Waals surface area contributed by atoms with E-state index in [1.807, 2.05) is 0 Å². The highest BCUT2D eigenvalue weighted by Gasteiger charge is 2.39. The van der Waals surface area contributed by atoms with Crippen LogP contribution in [-0.4, -0.2) is 41.0 Å². The molecular formula is C46H42F6N2O6. The predicted octanol–water partition coefficient (Wildman–Crippen LogP) is 11.7. The quantitative estimate of drug-likeness (QED) is 0.102. The smallest absolute Gasteiger partial charge is 0.416 e. The van der Waals surface area contributed by atoms with Crippen LogP contribution < -0.4 is 15.0 Å². The third-order valence-corrected chi connectivity index (χ3v) is 10.6. The standard InChI is InChI=1S/C46H42F6N2O6/c1-21(2)33-29-15-23(5)35(41(57)37(29)31(39(55)42(33)58)19-53-27-13-9-11-25(17-27)45(47,48)49)36-24(6)16-30-34(22(3)4)43(59)40(56)32(38(30)44(36)60-8)20-54(7)28-14-10-12-26(18-28)46(50,51)52/h9-22,53,57-59H,1-8H3/b31-19-,32-20+. The van der Waals surface area contributed by atoms with Crippen molar-refractivity contribution in [3.05, 3.63) is 129 Å². The molecule has 0 aromatic heterocycles. The average molecular weight is 833 g/mol. The lowest BCUT2D eigenvalue weighted by Crippen LogP contribution is -2.22. The number of nitrogens with zero attached hydrogens (tertiary/aromatic N) is 1. The van der Waals surface area contributed by atoms with Crippen molar-refractivity contribution in [1.82, 2.24) is 0 Å². The molecule has 0 atom stereocenters. The van der Waals surface area contributed by atoms with Crippen LogP contribution in [0.25, 0.3) is 33.4 Å². The number of phenolic OH excluding ortho intramolecular Hbond substituents is 1. The summed E-state index contributed by atoms with van der Waals surface area (Å²) in [7, 11) is 2.78. The summed E-state index contributed by atoms with van der Waals surface area (Å²) in [4.78, 5) is 29.4. The number of hydrogen-bond acceptors (Lipinski definition) is 8. The Morgan fingerprint density at radius 2 is 1.18 bits per heavy atom. The molecule has 6 rings (SSSR count). The molecule has 8 nitrogen and oxygen atoms in total. The summed E-state index contributed by atoms with van der Waals surface area (Å²) >= 11 is 0. The number of hydrogen-bond donors (Lipinski definition) is 4. The van der Waals surface area contributed by atoms with Gasteiger partial charge < -0.3 is 30.3 Å². The Balaban J connectivity index is 1.64. The highest BCUT2D eigenvalue weighted by atomic mass is 19.4. The second-order valence-electron chi connectivity index (χ2n) is 15.3. The third kappa shape index (κ3) is 7.50. The van der Waals surface area contributed by atoms with E-state index in [1.54, 1.807) is 53.7 Å². The van der Waals surface area contributed by atoms with Gasteiger partial charge in [-0.1, -0.05) is 52.0 Å². The molecule has 0 aliphatic heterocycles. The molecule has 2 aliphatic rings. The number of ketones is 2. The normalized spacial score (nSPS) is 16.0. The number of halogens is 6. The van der Waals surface area contributed by atoms with Gasteiger partial charge in [-0.05, 0) is 84.3 Å². The van der Waals surface area contributed by atoms with Gasteiger partial charge in [0.05, 0.1) is 29.4 Å². The Morgan fingerprint density at radius 1 is 0.683 bits per heavy atom. The number of fused-ring (bicyclic) bond motifs is 2. The molecule has 4 N–H and O–H groups in total. The van der Waals surface area contributed by atoms with E-state index in [-0.39, 0.29) is 61.7 Å². The molecule has 0 heterocycles. The van der Waals surface area contributed by atoms with Crippen LogP contribution in [0.5, 0.6) is 11.5 Å². The Bertz CT molecular complexity index is 2590. The van der Waals surface area contributed by atoms with E-state index >= 15 is 0 Å². The minimum Gasteiger partial charge on any atom is -0.507 e. The maximum absolute atomic E-state index is 14.2. The highest BCUT2D eigenvalue weighted by Crippen LogP contribution is 2.54. The van der Waals surface area contributed by atoms with E-state index in [0.29, 0.717) is 22.3 Å². The van der Waals surface area contributed by atoms with Gasteiger partial charge in [-0.3, -0.25) is 9.59 Å². The molecule has 60 heavy (non-hydrogen) atoms. The summed E-state index contributed by atoms with van der Waals surface area (Å²) < 4.78 is 87.8. The number of aromatic hydroxyl groups is 1. The number of aliphatic hydroxyl groups excluding tert-OH is 2. The van der Waals surface area contributed by atoms with Crippen molar-refractivity contribution in [2.45, 2.75) is 53.9 Å². The molecule has 0 saturated carbocycles. The number of aliphatic hydroxyl groups is 2. The number of Topliss-reactive ketones (excluding diaryl/α,β-unsaturated/α-hetero) is 2. The van der Waals surface area contributed by atoms with Crippen molar-refractivity contribution in [3.8, 4) is 22.6 Å². The number of aryl methyl sites for hydroxylation is 2. The lowest BCUT2D eigenvalue weighted by molar-refractivity contribution is -0.138. The first kappa shape index (κ1) is 43.1. The van der Waals surface area contributed by atoms with Crippen molar-refractivity contribution >= 4 is 45.2 Å². The molecule has 0 radical (unpaired) electrons. The maximum Gasteiger partial charge on any atom is 0.416 e. The minimum atomic E-state index is -4.65. The highest BCUT2D eigenvalue weighted by molar-refractivity contribution is 6.35. The van der Waals surface area contributed by atoms with Gasteiger partial charge in [0.25, 0.3) is 0 Å². The number of ether oxygens (including phenoxy) is 1. The monoisotopic (exact) mass is 832 g/mol. The van der Waals surface area contributed by atoms with Gasteiger partial charge in [0, 0.05) is 64.2 Å². The molecule has 14 heteroatoms. The number of anilines is 2. The molecule has 4 aromatic rings. The van der Waals surface area contributed by atoms with Crippen LogP contribution in [0, 0.1) is 25.7 Å². The lowest BCUT2D eigenvalue weighted by atomic mass is 9.75. The third-order valence-electron chi connectivity index (χ3n) is 10.6. The average Bonchev–Trinajstić information content (AvgIpc) is 3.16. The van der Waals surface area contributed by atoms with Crippen molar-refractivity contribution in [2.75, 3.05) is 24.4 Å². The number of carbonyl (C=O) groups is 2. The van der Waals surface area contributed by atoms with Gasteiger partial charge in [0.15, 0.2) is 11.5 Å². The number of alkyl halides is 6. The Hall–Kier alpha value is -6.44. The zero-order chi connectivity index (χ0) is 44.3. The topological polar surface area (TPSA) is 119 Å². The summed E-state index contributed by atoms with van der Waals surface area (Å²) in [5.74, 6) is -4.11. The van der Waals surface area contributed by atoms with E-state index in [4.69, 9.17) is 4.74 Å². The van der Waals surface area contributed by atoms with Crippen molar-refractivity contribution in [2.24, 2.45) is 11.8 Å². The molecule has 0 spiro atoms. The number of carbonyl (C=O) groups excluding carboxylic acids is 2. The van der Waals surface area contributed by atoms with Gasteiger partial charge >= 0.3 is 12.4 Å². The predicted molar refractivity (Wildman–Crippen MR) is 219 cm³/mol. The van der Waals surface area contributed by atoms with Crippen LogP contribution in [-0.2, 0) is 21.9 Å². The minimum absolute atomic E-state index is 0.0276. The first-order valence-electron chi connectivity index (χ1n) is 18.8. The van der Waals surface area contributed by atoms with Crippen LogP contribution in [0.15, 0.2) is 84.6 Å². The number of nitrogens with one attached hydrogen (secondary N) is 1. The number of allylic oxidation sites excluding steroid dienone is 4. The SMILES string of the molecule is COc1c2c(cc(C)c1-c1c(C)cc3c(c1O)/C(=C/Nc1cccc(C(F)(F)F)c1)C(=O)C(O)=C3C(C)C)C(C(C)C)=C(O)C(=O)/C2=C/N(C)c1cccc(C(F)(F)F)c1. The van der Waals surface area contributed by atoms with Crippen LogP contribution >= 0.6 is 0 Å². The summed E-state index contributed by atoms with van der Waals surface area (Å²) in [5, 5.41) is 37.8. The molecule has 314 valence electrons.